The lowest BCUT2D eigenvalue weighted by Crippen LogP contribution is -2.29. The molecule has 7 rings (SSSR count). The molecule has 3 atom stereocenters. The number of hydrogen-bond donors (Lipinski definition) is 1. The van der Waals surface area contributed by atoms with Crippen LogP contribution in [0.4, 0.5) is 11.4 Å². The minimum absolute atomic E-state index is 0.269. The first kappa shape index (κ1) is 25.6. The highest BCUT2D eigenvalue weighted by Crippen LogP contribution is 2.50. The van der Waals surface area contributed by atoms with Gasteiger partial charge < -0.3 is 10.1 Å². The van der Waals surface area contributed by atoms with Crippen LogP contribution in [-0.4, -0.2) is 6.21 Å². The van der Waals surface area contributed by atoms with Gasteiger partial charge in [-0.15, -0.1) is 0 Å². The molecule has 0 aromatic heterocycles. The maximum absolute atomic E-state index is 6.36. The second kappa shape index (κ2) is 10.9. The van der Waals surface area contributed by atoms with Gasteiger partial charge in [0.2, 0.25) is 0 Å². The van der Waals surface area contributed by atoms with Crippen LogP contribution in [0.15, 0.2) is 120 Å². The highest BCUT2D eigenvalue weighted by Gasteiger charge is 2.37. The number of benzene rings is 5. The number of fused-ring (bicyclic) bond motifs is 4. The summed E-state index contributed by atoms with van der Waals surface area (Å²) in [5.74, 6) is 1.73. The molecule has 0 unspecified atom stereocenters. The van der Waals surface area contributed by atoms with Crippen LogP contribution >= 0.6 is 11.6 Å². The quantitative estimate of drug-likeness (QED) is 0.167. The van der Waals surface area contributed by atoms with Crippen molar-refractivity contribution in [1.29, 1.82) is 0 Å². The van der Waals surface area contributed by atoms with E-state index in [0.717, 1.165) is 29.0 Å². The number of rotatable bonds is 6. The van der Waals surface area contributed by atoms with Crippen LogP contribution in [0.5, 0.6) is 5.75 Å². The fourth-order valence-electron chi connectivity index (χ4n) is 6.28. The van der Waals surface area contributed by atoms with Crippen LogP contribution in [0.3, 0.4) is 0 Å². The molecule has 3 nitrogen and oxygen atoms in total. The van der Waals surface area contributed by atoms with Gasteiger partial charge in [0.25, 0.3) is 0 Å². The zero-order chi connectivity index (χ0) is 27.8. The van der Waals surface area contributed by atoms with E-state index in [2.05, 4.69) is 109 Å². The van der Waals surface area contributed by atoms with Crippen LogP contribution in [0.1, 0.15) is 46.2 Å². The highest BCUT2D eigenvalue weighted by atomic mass is 35.5. The zero-order valence-electron chi connectivity index (χ0n) is 22.9. The molecule has 0 amide bonds. The van der Waals surface area contributed by atoms with Gasteiger partial charge in [0.05, 0.1) is 11.7 Å². The molecule has 1 heterocycles. The van der Waals surface area contributed by atoms with Crippen LogP contribution in [0, 0.1) is 12.8 Å². The number of anilines is 1. The normalized spacial score (nSPS) is 19.2. The molecule has 5 aromatic rings. The average molecular weight is 555 g/mol. The summed E-state index contributed by atoms with van der Waals surface area (Å²) < 4.78 is 6.29. The Morgan fingerprint density at radius 3 is 2.68 bits per heavy atom. The van der Waals surface area contributed by atoms with Gasteiger partial charge in [-0.2, -0.15) is 0 Å². The minimum atomic E-state index is 0.269. The van der Waals surface area contributed by atoms with Crippen molar-refractivity contribution in [3.8, 4) is 5.75 Å². The van der Waals surface area contributed by atoms with Crippen molar-refractivity contribution in [2.75, 3.05) is 5.32 Å². The lowest BCUT2D eigenvalue weighted by atomic mass is 9.76. The molecule has 1 N–H and O–H groups in total. The highest BCUT2D eigenvalue weighted by molar-refractivity contribution is 6.30. The van der Waals surface area contributed by atoms with Crippen molar-refractivity contribution >= 4 is 40.0 Å². The Hall–Kier alpha value is -4.34. The summed E-state index contributed by atoms with van der Waals surface area (Å²) in [5.41, 5.74) is 8.14. The summed E-state index contributed by atoms with van der Waals surface area (Å²) in [4.78, 5) is 4.79. The third kappa shape index (κ3) is 5.14. The van der Waals surface area contributed by atoms with Crippen molar-refractivity contribution < 1.29 is 4.74 Å². The Labute approximate surface area is 246 Å². The van der Waals surface area contributed by atoms with Crippen LogP contribution in [-0.2, 0) is 6.61 Å². The van der Waals surface area contributed by atoms with E-state index in [1.807, 2.05) is 24.4 Å². The summed E-state index contributed by atoms with van der Waals surface area (Å²) in [5, 5.41) is 6.89. The molecule has 1 aliphatic carbocycles. The van der Waals surface area contributed by atoms with Gasteiger partial charge in [0.15, 0.2) is 0 Å². The molecule has 0 saturated carbocycles. The van der Waals surface area contributed by atoms with Gasteiger partial charge >= 0.3 is 0 Å². The van der Waals surface area contributed by atoms with Gasteiger partial charge in [0.1, 0.15) is 12.4 Å². The Morgan fingerprint density at radius 1 is 0.927 bits per heavy atom. The third-order valence-corrected chi connectivity index (χ3v) is 8.59. The smallest absolute Gasteiger partial charge is 0.128 e. The molecular weight excluding hydrogens is 524 g/mol. The molecule has 0 fully saturated rings. The van der Waals surface area contributed by atoms with E-state index < -0.39 is 0 Å². The predicted octanol–water partition coefficient (Wildman–Crippen LogP) is 9.96. The van der Waals surface area contributed by atoms with Crippen molar-refractivity contribution in [1.82, 2.24) is 0 Å². The van der Waals surface area contributed by atoms with Gasteiger partial charge in [-0.3, -0.25) is 4.99 Å². The first-order valence-corrected chi connectivity index (χ1v) is 14.6. The van der Waals surface area contributed by atoms with E-state index >= 15 is 0 Å². The monoisotopic (exact) mass is 554 g/mol. The molecule has 0 radical (unpaired) electrons. The molecule has 0 bridgehead atoms. The van der Waals surface area contributed by atoms with Crippen LogP contribution in [0.2, 0.25) is 5.02 Å². The van der Waals surface area contributed by atoms with E-state index in [9.17, 15) is 0 Å². The number of allylic oxidation sites excluding steroid dienone is 2. The molecule has 202 valence electrons. The maximum atomic E-state index is 6.36. The van der Waals surface area contributed by atoms with Gasteiger partial charge in [-0.1, -0.05) is 96.0 Å². The van der Waals surface area contributed by atoms with E-state index in [1.54, 1.807) is 0 Å². The fraction of sp³-hybridized carbons (Fsp3) is 0.162. The van der Waals surface area contributed by atoms with Gasteiger partial charge in [-0.05, 0) is 83.1 Å². The topological polar surface area (TPSA) is 33.6 Å². The minimum Gasteiger partial charge on any atom is -0.488 e. The standard InChI is InChI=1S/C37H31ClN2O/c1-24-12-18-35-34(20-24)32-10-5-11-33(32)37(40-35)26-13-16-30(17-14-26)39-22-28-21-29(38)15-19-36(28)41-23-27-8-4-7-25-6-2-3-9-31(25)27/h2-10,12-22,32-33,37,40H,11,23H2,1H3/t32-,33-,37-/m1/s1. The summed E-state index contributed by atoms with van der Waals surface area (Å²) in [6, 6.07) is 36.0. The van der Waals surface area contributed by atoms with Gasteiger partial charge in [0, 0.05) is 28.4 Å². The van der Waals surface area contributed by atoms with E-state index in [1.165, 1.54) is 33.2 Å². The zero-order valence-corrected chi connectivity index (χ0v) is 23.7. The molecule has 1 aliphatic heterocycles. The lowest BCUT2D eigenvalue weighted by molar-refractivity contribution is 0.307. The number of halogens is 1. The maximum Gasteiger partial charge on any atom is 0.128 e. The summed E-state index contributed by atoms with van der Waals surface area (Å²) in [7, 11) is 0. The number of nitrogens with one attached hydrogen (secondary N) is 1. The van der Waals surface area contributed by atoms with Crippen molar-refractivity contribution in [2.45, 2.75) is 31.9 Å². The molecular formula is C37H31ClN2O. The molecule has 2 aliphatic rings. The van der Waals surface area contributed by atoms with E-state index in [-0.39, 0.29) is 6.04 Å². The molecule has 4 heteroatoms. The second-order valence-corrected chi connectivity index (χ2v) is 11.5. The Morgan fingerprint density at radius 2 is 1.78 bits per heavy atom. The molecule has 5 aromatic carbocycles. The fourth-order valence-corrected chi connectivity index (χ4v) is 6.46. The second-order valence-electron chi connectivity index (χ2n) is 11.0. The van der Waals surface area contributed by atoms with Crippen molar-refractivity contribution in [3.63, 3.8) is 0 Å². The number of aryl methyl sites for hydroxylation is 1. The number of aliphatic imine (C=N–C) groups is 1. The molecule has 0 saturated heterocycles. The van der Waals surface area contributed by atoms with E-state index in [4.69, 9.17) is 21.3 Å². The lowest BCUT2D eigenvalue weighted by Gasteiger charge is -2.37. The molecule has 41 heavy (non-hydrogen) atoms. The van der Waals surface area contributed by atoms with Crippen LogP contribution in [0.25, 0.3) is 10.8 Å². The number of ether oxygens (including phenoxy) is 1. The Balaban J connectivity index is 1.09. The predicted molar refractivity (Wildman–Crippen MR) is 171 cm³/mol. The first-order valence-electron chi connectivity index (χ1n) is 14.2. The number of nitrogens with zero attached hydrogens (tertiary/aromatic N) is 1. The van der Waals surface area contributed by atoms with E-state index in [0.29, 0.717) is 23.5 Å². The first-order chi connectivity index (χ1) is 20.1. The summed E-state index contributed by atoms with van der Waals surface area (Å²) in [6.45, 7) is 2.63. The Kier molecular flexibility index (Phi) is 6.82. The van der Waals surface area contributed by atoms with Crippen LogP contribution < -0.4 is 10.1 Å². The van der Waals surface area contributed by atoms with Gasteiger partial charge in [-0.25, -0.2) is 0 Å². The summed E-state index contributed by atoms with van der Waals surface area (Å²) in [6.07, 6.45) is 7.66. The third-order valence-electron chi connectivity index (χ3n) is 8.36. The number of hydrogen-bond acceptors (Lipinski definition) is 3. The van der Waals surface area contributed by atoms with Crippen molar-refractivity contribution in [3.05, 3.63) is 148 Å². The SMILES string of the molecule is Cc1ccc2c(c1)[C@@H]1C=CC[C@H]1[C@@H](c1ccc(N=Cc3cc(Cl)ccc3OCc3cccc4ccccc34)cc1)N2. The summed E-state index contributed by atoms with van der Waals surface area (Å²) >= 11 is 6.36. The average Bonchev–Trinajstić information content (AvgIpc) is 3.50. The largest absolute Gasteiger partial charge is 0.488 e. The Bertz CT molecular complexity index is 1780. The molecule has 0 spiro atoms. The van der Waals surface area contributed by atoms with Crippen molar-refractivity contribution in [2.24, 2.45) is 10.9 Å².